The molecule has 6 heteroatoms. The summed E-state index contributed by atoms with van der Waals surface area (Å²) in [6.45, 7) is 4.95. The first-order valence-corrected chi connectivity index (χ1v) is 7.52. The van der Waals surface area contributed by atoms with E-state index in [0.29, 0.717) is 12.1 Å². The minimum atomic E-state index is -0.966. The van der Waals surface area contributed by atoms with Crippen molar-refractivity contribution in [3.05, 3.63) is 69.3 Å². The molecule has 1 aromatic heterocycles. The van der Waals surface area contributed by atoms with Crippen LogP contribution >= 0.6 is 0 Å². The molecular weight excluding hydrogens is 310 g/mol. The number of amides is 1. The number of hydrogen-bond donors (Lipinski definition) is 1. The monoisotopic (exact) mass is 329 g/mol. The van der Waals surface area contributed by atoms with Gasteiger partial charge in [-0.3, -0.25) is 4.79 Å². The largest absolute Gasteiger partial charge is 0.449 e. The van der Waals surface area contributed by atoms with E-state index in [1.165, 1.54) is 19.9 Å². The van der Waals surface area contributed by atoms with Crippen LogP contribution in [0.2, 0.25) is 0 Å². The Morgan fingerprint density at radius 1 is 1.21 bits per heavy atom. The smallest absolute Gasteiger partial charge is 0.342 e. The molecule has 1 N–H and O–H groups in total. The van der Waals surface area contributed by atoms with E-state index >= 15 is 0 Å². The molecule has 1 aromatic carbocycles. The van der Waals surface area contributed by atoms with Crippen LogP contribution in [0.5, 0.6) is 0 Å². The van der Waals surface area contributed by atoms with Crippen LogP contribution < -0.4 is 10.9 Å². The van der Waals surface area contributed by atoms with Crippen LogP contribution in [0.1, 0.15) is 34.2 Å². The highest BCUT2D eigenvalue weighted by molar-refractivity contribution is 5.94. The zero-order valence-corrected chi connectivity index (χ0v) is 13.8. The second kappa shape index (κ2) is 7.59. The fourth-order valence-corrected chi connectivity index (χ4v) is 2.26. The van der Waals surface area contributed by atoms with Gasteiger partial charge < -0.3 is 14.5 Å². The summed E-state index contributed by atoms with van der Waals surface area (Å²) >= 11 is 0. The van der Waals surface area contributed by atoms with E-state index in [2.05, 4.69) is 5.32 Å². The van der Waals surface area contributed by atoms with Crippen LogP contribution in [0.15, 0.2) is 45.6 Å². The minimum absolute atomic E-state index is 0.164. The SMILES string of the molecule is Cc1cc(=O)oc(C)c1C(=O)O[C@@H](C)C(=O)NCc1ccccc1. The molecule has 0 spiro atoms. The lowest BCUT2D eigenvalue weighted by atomic mass is 10.1. The van der Waals surface area contributed by atoms with E-state index in [1.807, 2.05) is 30.3 Å². The zero-order valence-electron chi connectivity index (χ0n) is 13.8. The van der Waals surface area contributed by atoms with E-state index in [9.17, 15) is 14.4 Å². The highest BCUT2D eigenvalue weighted by atomic mass is 16.5. The summed E-state index contributed by atoms with van der Waals surface area (Å²) in [5.41, 5.74) is 1.03. The van der Waals surface area contributed by atoms with Crippen LogP contribution in [0, 0.1) is 13.8 Å². The molecule has 0 saturated heterocycles. The van der Waals surface area contributed by atoms with Crippen molar-refractivity contribution in [1.29, 1.82) is 0 Å². The van der Waals surface area contributed by atoms with Gasteiger partial charge in [-0.2, -0.15) is 0 Å². The molecule has 0 aliphatic carbocycles. The van der Waals surface area contributed by atoms with E-state index in [1.54, 1.807) is 6.92 Å². The number of benzene rings is 1. The highest BCUT2D eigenvalue weighted by Gasteiger charge is 2.22. The standard InChI is InChI=1S/C18H19NO5/c1-11-9-15(20)23-12(2)16(11)18(22)24-13(3)17(21)19-10-14-7-5-4-6-8-14/h4-9,13H,10H2,1-3H3,(H,19,21)/t13-/m0/s1. The maximum absolute atomic E-state index is 12.2. The van der Waals surface area contributed by atoms with Crippen LogP contribution in [0.25, 0.3) is 0 Å². The maximum atomic E-state index is 12.2. The molecule has 0 unspecified atom stereocenters. The number of aryl methyl sites for hydroxylation is 2. The van der Waals surface area contributed by atoms with Gasteiger partial charge in [0.05, 0.1) is 0 Å². The van der Waals surface area contributed by atoms with Gasteiger partial charge in [0.25, 0.3) is 5.91 Å². The number of carbonyl (C=O) groups excluding carboxylic acids is 2. The molecule has 0 aliphatic rings. The fourth-order valence-electron chi connectivity index (χ4n) is 2.26. The third kappa shape index (κ3) is 4.32. The van der Waals surface area contributed by atoms with Crippen LogP contribution in [-0.4, -0.2) is 18.0 Å². The van der Waals surface area contributed by atoms with Gasteiger partial charge in [-0.25, -0.2) is 9.59 Å². The quantitative estimate of drug-likeness (QED) is 0.849. The molecule has 24 heavy (non-hydrogen) atoms. The molecule has 0 fully saturated rings. The molecule has 2 aromatic rings. The van der Waals surface area contributed by atoms with Gasteiger partial charge in [-0.1, -0.05) is 30.3 Å². The summed E-state index contributed by atoms with van der Waals surface area (Å²) in [5, 5.41) is 2.70. The Kier molecular flexibility index (Phi) is 5.52. The molecule has 0 aliphatic heterocycles. The van der Waals surface area contributed by atoms with Crippen LogP contribution in [-0.2, 0) is 16.1 Å². The highest BCUT2D eigenvalue weighted by Crippen LogP contribution is 2.13. The Morgan fingerprint density at radius 3 is 2.50 bits per heavy atom. The molecule has 2 rings (SSSR count). The topological polar surface area (TPSA) is 85.6 Å². The van der Waals surface area contributed by atoms with Crippen LogP contribution in [0.3, 0.4) is 0 Å². The molecular formula is C18H19NO5. The Morgan fingerprint density at radius 2 is 1.88 bits per heavy atom. The molecule has 0 radical (unpaired) electrons. The Hall–Kier alpha value is -2.89. The minimum Gasteiger partial charge on any atom is -0.449 e. The number of nitrogens with one attached hydrogen (secondary N) is 1. The second-order valence-electron chi connectivity index (χ2n) is 5.43. The van der Waals surface area contributed by atoms with Gasteiger partial charge in [-0.05, 0) is 31.9 Å². The first-order valence-electron chi connectivity index (χ1n) is 7.52. The third-order valence-corrected chi connectivity index (χ3v) is 3.50. The van der Waals surface area contributed by atoms with Crippen molar-refractivity contribution in [2.75, 3.05) is 0 Å². The predicted molar refractivity (Wildman–Crippen MR) is 87.6 cm³/mol. The number of carbonyl (C=O) groups is 2. The normalized spacial score (nSPS) is 11.6. The third-order valence-electron chi connectivity index (χ3n) is 3.50. The van der Waals surface area contributed by atoms with E-state index in [-0.39, 0.29) is 11.3 Å². The van der Waals surface area contributed by atoms with Crippen molar-refractivity contribution in [1.82, 2.24) is 5.32 Å². The second-order valence-corrected chi connectivity index (χ2v) is 5.43. The number of hydrogen-bond acceptors (Lipinski definition) is 5. The maximum Gasteiger partial charge on any atom is 0.342 e. The summed E-state index contributed by atoms with van der Waals surface area (Å²) in [5.74, 6) is -0.933. The van der Waals surface area contributed by atoms with Gasteiger partial charge in [-0.15, -0.1) is 0 Å². The molecule has 1 atom stereocenters. The van der Waals surface area contributed by atoms with Gasteiger partial charge in [0, 0.05) is 12.6 Å². The van der Waals surface area contributed by atoms with Crippen molar-refractivity contribution in [2.45, 2.75) is 33.4 Å². The van der Waals surface area contributed by atoms with Gasteiger partial charge in [0.2, 0.25) is 0 Å². The fraction of sp³-hybridized carbons (Fsp3) is 0.278. The lowest BCUT2D eigenvalue weighted by Gasteiger charge is -2.15. The van der Waals surface area contributed by atoms with Crippen LogP contribution in [0.4, 0.5) is 0 Å². The van der Waals surface area contributed by atoms with Crippen molar-refractivity contribution >= 4 is 11.9 Å². The predicted octanol–water partition coefficient (Wildman–Crippen LogP) is 2.12. The molecule has 0 saturated carbocycles. The average molecular weight is 329 g/mol. The summed E-state index contributed by atoms with van der Waals surface area (Å²) in [7, 11) is 0. The molecule has 6 nitrogen and oxygen atoms in total. The average Bonchev–Trinajstić information content (AvgIpc) is 2.52. The summed E-state index contributed by atoms with van der Waals surface area (Å²) in [6.07, 6.45) is -0.966. The number of esters is 1. The first-order chi connectivity index (χ1) is 11.4. The molecule has 126 valence electrons. The van der Waals surface area contributed by atoms with Crippen molar-refractivity contribution in [3.8, 4) is 0 Å². The van der Waals surface area contributed by atoms with E-state index < -0.39 is 23.6 Å². The Labute approximate surface area is 139 Å². The molecule has 0 bridgehead atoms. The Balaban J connectivity index is 1.98. The lowest BCUT2D eigenvalue weighted by Crippen LogP contribution is -2.35. The van der Waals surface area contributed by atoms with Gasteiger partial charge in [0.1, 0.15) is 11.3 Å². The molecule has 1 heterocycles. The van der Waals surface area contributed by atoms with Crippen molar-refractivity contribution in [2.24, 2.45) is 0 Å². The summed E-state index contributed by atoms with van der Waals surface area (Å²) in [4.78, 5) is 35.5. The van der Waals surface area contributed by atoms with Crippen molar-refractivity contribution < 1.29 is 18.7 Å². The summed E-state index contributed by atoms with van der Waals surface area (Å²) < 4.78 is 10.1. The zero-order chi connectivity index (χ0) is 17.7. The number of ether oxygens (including phenoxy) is 1. The Bertz CT molecular complexity index is 769. The van der Waals surface area contributed by atoms with Crippen molar-refractivity contribution in [3.63, 3.8) is 0 Å². The lowest BCUT2D eigenvalue weighted by molar-refractivity contribution is -0.129. The first kappa shape index (κ1) is 17.5. The van der Waals surface area contributed by atoms with Gasteiger partial charge >= 0.3 is 11.6 Å². The molecule has 1 amide bonds. The summed E-state index contributed by atoms with van der Waals surface area (Å²) in [6, 6.07) is 10.6. The van der Waals surface area contributed by atoms with E-state index in [4.69, 9.17) is 9.15 Å². The van der Waals surface area contributed by atoms with Gasteiger partial charge in [0.15, 0.2) is 6.10 Å². The van der Waals surface area contributed by atoms with E-state index in [0.717, 1.165) is 5.56 Å². The number of rotatable bonds is 5.